The van der Waals surface area contributed by atoms with Gasteiger partial charge in [-0.3, -0.25) is 4.79 Å². The highest BCUT2D eigenvalue weighted by Crippen LogP contribution is 2.43. The number of para-hydroxylation sites is 1. The molecule has 3 aromatic rings. The van der Waals surface area contributed by atoms with Gasteiger partial charge in [0.2, 0.25) is 5.78 Å². The molecule has 2 atom stereocenters. The first kappa shape index (κ1) is 17.5. The summed E-state index contributed by atoms with van der Waals surface area (Å²) in [6.07, 6.45) is -0.0707. The third-order valence-electron chi connectivity index (χ3n) is 5.40. The van der Waals surface area contributed by atoms with Crippen molar-refractivity contribution in [3.8, 4) is 11.5 Å². The zero-order valence-corrected chi connectivity index (χ0v) is 16.0. The van der Waals surface area contributed by atoms with Crippen LogP contribution in [0.2, 0.25) is 0 Å². The summed E-state index contributed by atoms with van der Waals surface area (Å²) in [5, 5.41) is 6.64. The number of ketones is 1. The molecule has 5 heteroatoms. The number of hydrazone groups is 1. The number of nitrogens with zero attached hydrogens (tertiary/aromatic N) is 2. The van der Waals surface area contributed by atoms with Crippen LogP contribution in [0.1, 0.15) is 33.9 Å². The van der Waals surface area contributed by atoms with Crippen LogP contribution in [-0.4, -0.2) is 29.8 Å². The van der Waals surface area contributed by atoms with Gasteiger partial charge in [-0.2, -0.15) is 5.10 Å². The van der Waals surface area contributed by atoms with Gasteiger partial charge in [0.05, 0.1) is 18.9 Å². The van der Waals surface area contributed by atoms with Crippen molar-refractivity contribution >= 4 is 11.5 Å². The molecule has 0 unspecified atom stereocenters. The van der Waals surface area contributed by atoms with Crippen molar-refractivity contribution < 1.29 is 14.3 Å². The van der Waals surface area contributed by atoms with Crippen LogP contribution in [-0.2, 0) is 0 Å². The minimum absolute atomic E-state index is 0.0327. The molecule has 2 aliphatic heterocycles. The van der Waals surface area contributed by atoms with E-state index in [1.54, 1.807) is 7.11 Å². The molecular formula is C24H20N2O3. The van der Waals surface area contributed by atoms with E-state index in [0.717, 1.165) is 28.3 Å². The summed E-state index contributed by atoms with van der Waals surface area (Å²) in [6, 6.07) is 24.9. The summed E-state index contributed by atoms with van der Waals surface area (Å²) >= 11 is 0. The fourth-order valence-electron chi connectivity index (χ4n) is 3.91. The number of rotatable bonds is 4. The van der Waals surface area contributed by atoms with Crippen molar-refractivity contribution in [3.63, 3.8) is 0 Å². The van der Waals surface area contributed by atoms with E-state index in [4.69, 9.17) is 14.6 Å². The minimum atomic E-state index is -0.784. The van der Waals surface area contributed by atoms with Gasteiger partial charge in [0.25, 0.3) is 6.23 Å². The molecule has 29 heavy (non-hydrogen) atoms. The number of methoxy groups -OCH3 is 1. The molecule has 144 valence electrons. The van der Waals surface area contributed by atoms with Crippen molar-refractivity contribution in [2.75, 3.05) is 7.11 Å². The number of hydrogen-bond acceptors (Lipinski definition) is 5. The average molecular weight is 384 g/mol. The van der Waals surface area contributed by atoms with Crippen LogP contribution in [0, 0.1) is 0 Å². The fourth-order valence-corrected chi connectivity index (χ4v) is 3.91. The number of Topliss-reactive ketones (excluding diaryl/α,β-unsaturated/α-hetero) is 1. The normalized spacial score (nSPS) is 19.6. The van der Waals surface area contributed by atoms with Crippen molar-refractivity contribution in [2.45, 2.75) is 18.7 Å². The van der Waals surface area contributed by atoms with Gasteiger partial charge in [-0.1, -0.05) is 48.5 Å². The number of ether oxygens (including phenoxy) is 2. The van der Waals surface area contributed by atoms with Crippen LogP contribution >= 0.6 is 0 Å². The van der Waals surface area contributed by atoms with E-state index in [-0.39, 0.29) is 11.8 Å². The summed E-state index contributed by atoms with van der Waals surface area (Å²) in [7, 11) is 1.65. The lowest BCUT2D eigenvalue weighted by Gasteiger charge is -2.37. The molecule has 0 aromatic heterocycles. The first-order chi connectivity index (χ1) is 14.2. The third-order valence-corrected chi connectivity index (χ3v) is 5.40. The van der Waals surface area contributed by atoms with E-state index in [0.29, 0.717) is 12.0 Å². The molecule has 0 saturated heterocycles. The second kappa shape index (κ2) is 7.09. The number of benzene rings is 3. The maximum atomic E-state index is 13.2. The number of hydrogen-bond donors (Lipinski definition) is 0. The van der Waals surface area contributed by atoms with Gasteiger partial charge in [0.15, 0.2) is 0 Å². The van der Waals surface area contributed by atoms with E-state index in [1.807, 2.05) is 83.9 Å². The van der Waals surface area contributed by atoms with Gasteiger partial charge in [-0.05, 0) is 35.9 Å². The predicted molar refractivity (Wildman–Crippen MR) is 110 cm³/mol. The highest BCUT2D eigenvalue weighted by molar-refractivity contribution is 6.03. The number of fused-ring (bicyclic) bond motifs is 3. The number of carbonyl (C=O) groups is 1. The van der Waals surface area contributed by atoms with Crippen LogP contribution < -0.4 is 9.47 Å². The molecule has 0 aliphatic carbocycles. The molecule has 0 amide bonds. The van der Waals surface area contributed by atoms with Crippen LogP contribution in [0.3, 0.4) is 0 Å². The van der Waals surface area contributed by atoms with Gasteiger partial charge in [0.1, 0.15) is 11.5 Å². The molecule has 2 aliphatic rings. The lowest BCUT2D eigenvalue weighted by atomic mass is 9.96. The molecule has 0 N–H and O–H groups in total. The molecular weight excluding hydrogens is 364 g/mol. The summed E-state index contributed by atoms with van der Waals surface area (Å²) in [6.45, 7) is 0. The SMILES string of the molecule is COc1ccc(C2=NN3[C@@H](C(=O)c4ccccc4)Oc4ccccc4[C@@H]3C2)cc1. The summed E-state index contributed by atoms with van der Waals surface area (Å²) in [4.78, 5) is 13.2. The van der Waals surface area contributed by atoms with E-state index < -0.39 is 6.23 Å². The fraction of sp³-hybridized carbons (Fsp3) is 0.167. The molecule has 5 rings (SSSR count). The van der Waals surface area contributed by atoms with Gasteiger partial charge in [-0.15, -0.1) is 0 Å². The maximum absolute atomic E-state index is 13.2. The maximum Gasteiger partial charge on any atom is 0.251 e. The minimum Gasteiger partial charge on any atom is -0.497 e. The van der Waals surface area contributed by atoms with Crippen molar-refractivity contribution in [1.82, 2.24) is 5.01 Å². The zero-order chi connectivity index (χ0) is 19.8. The van der Waals surface area contributed by atoms with E-state index >= 15 is 0 Å². The second-order valence-corrected chi connectivity index (χ2v) is 7.11. The lowest BCUT2D eigenvalue weighted by molar-refractivity contribution is -0.00455. The highest BCUT2D eigenvalue weighted by Gasteiger charge is 2.43. The zero-order valence-electron chi connectivity index (χ0n) is 16.0. The molecule has 0 radical (unpaired) electrons. The Morgan fingerprint density at radius 3 is 2.48 bits per heavy atom. The van der Waals surface area contributed by atoms with E-state index in [2.05, 4.69) is 0 Å². The van der Waals surface area contributed by atoms with Crippen molar-refractivity contribution in [2.24, 2.45) is 5.10 Å². The monoisotopic (exact) mass is 384 g/mol. The molecule has 0 fully saturated rings. The molecule has 0 bridgehead atoms. The Balaban J connectivity index is 1.54. The molecule has 0 saturated carbocycles. The Labute approximate surface area is 169 Å². The van der Waals surface area contributed by atoms with Crippen molar-refractivity contribution in [3.05, 3.63) is 95.6 Å². The molecule has 3 aromatic carbocycles. The first-order valence-corrected chi connectivity index (χ1v) is 9.59. The van der Waals surface area contributed by atoms with Gasteiger partial charge >= 0.3 is 0 Å². The Morgan fingerprint density at radius 1 is 1.00 bits per heavy atom. The largest absolute Gasteiger partial charge is 0.497 e. The van der Waals surface area contributed by atoms with Crippen LogP contribution in [0.25, 0.3) is 0 Å². The molecule has 2 heterocycles. The average Bonchev–Trinajstić information content (AvgIpc) is 3.24. The summed E-state index contributed by atoms with van der Waals surface area (Å²) in [5.74, 6) is 1.45. The van der Waals surface area contributed by atoms with Gasteiger partial charge in [0, 0.05) is 17.5 Å². The Kier molecular flexibility index (Phi) is 4.28. The molecule has 5 nitrogen and oxygen atoms in total. The van der Waals surface area contributed by atoms with Crippen LogP contribution in [0.5, 0.6) is 11.5 Å². The van der Waals surface area contributed by atoms with Crippen LogP contribution in [0.15, 0.2) is 84.0 Å². The first-order valence-electron chi connectivity index (χ1n) is 9.59. The predicted octanol–water partition coefficient (Wildman–Crippen LogP) is 4.45. The quantitative estimate of drug-likeness (QED) is 0.624. The van der Waals surface area contributed by atoms with Gasteiger partial charge in [-0.25, -0.2) is 5.01 Å². The van der Waals surface area contributed by atoms with Crippen molar-refractivity contribution in [1.29, 1.82) is 0 Å². The Bertz CT molecular complexity index is 1080. The third kappa shape index (κ3) is 3.05. The van der Waals surface area contributed by atoms with E-state index in [9.17, 15) is 4.79 Å². The standard InChI is InChI=1S/C24H20N2O3/c1-28-18-13-11-16(12-14-18)20-15-21-19-9-5-6-10-22(19)29-24(26(21)25-20)23(27)17-7-3-2-4-8-17/h2-14,21,24H,15H2,1H3/t21-,24+/m0/s1. The Morgan fingerprint density at radius 2 is 1.72 bits per heavy atom. The Hall–Kier alpha value is -3.60. The topological polar surface area (TPSA) is 51.1 Å². The highest BCUT2D eigenvalue weighted by atomic mass is 16.5. The lowest BCUT2D eigenvalue weighted by Crippen LogP contribution is -2.45. The summed E-state index contributed by atoms with van der Waals surface area (Å²) < 4.78 is 11.4. The van der Waals surface area contributed by atoms with Crippen LogP contribution in [0.4, 0.5) is 0 Å². The second-order valence-electron chi connectivity index (χ2n) is 7.11. The smallest absolute Gasteiger partial charge is 0.251 e. The molecule has 0 spiro atoms. The van der Waals surface area contributed by atoms with Gasteiger partial charge < -0.3 is 9.47 Å². The summed E-state index contributed by atoms with van der Waals surface area (Å²) in [5.41, 5.74) is 3.62. The van der Waals surface area contributed by atoms with E-state index in [1.165, 1.54) is 0 Å². The number of carbonyl (C=O) groups excluding carboxylic acids is 1.